The minimum atomic E-state index is 1.19. The molecule has 0 saturated carbocycles. The molecule has 0 fully saturated rings. The highest BCUT2D eigenvalue weighted by Gasteiger charge is 2.24. The van der Waals surface area contributed by atoms with Crippen molar-refractivity contribution in [2.75, 3.05) is 0 Å². The summed E-state index contributed by atoms with van der Waals surface area (Å²) in [4.78, 5) is 0. The van der Waals surface area contributed by atoms with Gasteiger partial charge in [-0.15, -0.1) is 0 Å². The van der Waals surface area contributed by atoms with Gasteiger partial charge in [0.1, 0.15) is 0 Å². The molecule has 11 rings (SSSR count). The monoisotopic (exact) mass is 622 g/mol. The number of fused-ring (bicyclic) bond motifs is 9. The van der Waals surface area contributed by atoms with E-state index >= 15 is 0 Å². The highest BCUT2D eigenvalue weighted by molar-refractivity contribution is 6.19. The highest BCUT2D eigenvalue weighted by Crippen LogP contribution is 2.49. The molecule has 1 aliphatic rings. The number of aromatic nitrogens is 2. The maximum absolute atomic E-state index is 2.47. The van der Waals surface area contributed by atoms with Crippen molar-refractivity contribution in [2.45, 2.75) is 6.92 Å². The molecule has 0 aliphatic heterocycles. The van der Waals surface area contributed by atoms with Gasteiger partial charge in [-0.2, -0.15) is 0 Å². The van der Waals surface area contributed by atoms with E-state index in [0.29, 0.717) is 0 Å². The van der Waals surface area contributed by atoms with Crippen LogP contribution in [0.5, 0.6) is 0 Å². The predicted octanol–water partition coefficient (Wildman–Crippen LogP) is 12.7. The molecule has 2 aromatic heterocycles. The van der Waals surface area contributed by atoms with Crippen LogP contribution in [-0.2, 0) is 0 Å². The summed E-state index contributed by atoms with van der Waals surface area (Å²) >= 11 is 0. The van der Waals surface area contributed by atoms with Crippen molar-refractivity contribution in [3.63, 3.8) is 0 Å². The fourth-order valence-corrected chi connectivity index (χ4v) is 8.52. The molecule has 10 aromatic rings. The molecule has 2 heterocycles. The van der Waals surface area contributed by atoms with Gasteiger partial charge in [0.15, 0.2) is 0 Å². The van der Waals surface area contributed by atoms with Crippen molar-refractivity contribution in [3.8, 4) is 44.8 Å². The Morgan fingerprint density at radius 1 is 0.347 bits per heavy atom. The van der Waals surface area contributed by atoms with Crippen molar-refractivity contribution in [1.29, 1.82) is 0 Å². The Morgan fingerprint density at radius 3 is 1.53 bits per heavy atom. The van der Waals surface area contributed by atoms with Gasteiger partial charge in [0.25, 0.3) is 0 Å². The maximum atomic E-state index is 2.47. The Kier molecular flexibility index (Phi) is 5.34. The second-order valence-corrected chi connectivity index (χ2v) is 13.4. The summed E-state index contributed by atoms with van der Waals surface area (Å²) in [5, 5.41) is 7.71. The van der Waals surface area contributed by atoms with Crippen molar-refractivity contribution >= 4 is 54.4 Å². The van der Waals surface area contributed by atoms with Crippen molar-refractivity contribution in [2.24, 2.45) is 0 Å². The normalized spacial score (nSPS) is 12.2. The molecule has 0 spiro atoms. The third-order valence-corrected chi connectivity index (χ3v) is 10.7. The van der Waals surface area contributed by atoms with Crippen LogP contribution in [0.1, 0.15) is 5.56 Å². The molecule has 0 unspecified atom stereocenters. The van der Waals surface area contributed by atoms with Crippen LogP contribution in [0.2, 0.25) is 0 Å². The minimum absolute atomic E-state index is 1.19. The fourth-order valence-electron chi connectivity index (χ4n) is 8.52. The predicted molar refractivity (Wildman–Crippen MR) is 207 cm³/mol. The van der Waals surface area contributed by atoms with Crippen LogP contribution < -0.4 is 0 Å². The molecule has 2 heteroatoms. The van der Waals surface area contributed by atoms with Gasteiger partial charge in [-0.3, -0.25) is 0 Å². The van der Waals surface area contributed by atoms with Crippen LogP contribution in [0.25, 0.3) is 99.1 Å². The first-order chi connectivity index (χ1) is 24.2. The summed E-state index contributed by atoms with van der Waals surface area (Å²) in [6, 6.07) is 60.6. The molecule has 1 aliphatic carbocycles. The van der Waals surface area contributed by atoms with E-state index in [-0.39, 0.29) is 0 Å². The second kappa shape index (κ2) is 9.82. The van der Waals surface area contributed by atoms with E-state index in [9.17, 15) is 0 Å². The lowest BCUT2D eigenvalue weighted by molar-refractivity contribution is 1.17. The van der Waals surface area contributed by atoms with Gasteiger partial charge >= 0.3 is 0 Å². The smallest absolute Gasteiger partial charge is 0.0541 e. The van der Waals surface area contributed by atoms with E-state index in [2.05, 4.69) is 180 Å². The first-order valence-electron chi connectivity index (χ1n) is 17.0. The summed E-state index contributed by atoms with van der Waals surface area (Å²) in [5.74, 6) is 0. The largest absolute Gasteiger partial charge is 0.309 e. The number of benzene rings is 8. The summed E-state index contributed by atoms with van der Waals surface area (Å²) < 4.78 is 4.86. The lowest BCUT2D eigenvalue weighted by atomic mass is 10.0. The second-order valence-electron chi connectivity index (χ2n) is 13.4. The molecule has 2 nitrogen and oxygen atoms in total. The van der Waals surface area contributed by atoms with E-state index in [1.54, 1.807) is 0 Å². The molecular weight excluding hydrogens is 593 g/mol. The first-order valence-corrected chi connectivity index (χ1v) is 17.0. The van der Waals surface area contributed by atoms with Crippen molar-refractivity contribution < 1.29 is 0 Å². The van der Waals surface area contributed by atoms with Crippen LogP contribution in [0, 0.1) is 6.92 Å². The van der Waals surface area contributed by atoms with Gasteiger partial charge in [0.2, 0.25) is 0 Å². The standard InChI is InChI=1S/C47H30N2/c1-29-17-21-32(22-18-29)48-42-15-6-4-11-35(42)40-27-30(19-24-45(40)48)31-20-25-46-41(28-31)36-12-5-7-16-43(36)49(46)44-26-23-38-34-10-3-2-9-33(34)37-13-8-14-39(44)47(37)38/h2-28H,1H3. The molecule has 0 amide bonds. The molecule has 0 N–H and O–H groups in total. The summed E-state index contributed by atoms with van der Waals surface area (Å²) in [7, 11) is 0. The molecule has 0 atom stereocenters. The topological polar surface area (TPSA) is 9.86 Å². The van der Waals surface area contributed by atoms with Crippen LogP contribution >= 0.6 is 0 Å². The van der Waals surface area contributed by atoms with E-state index in [1.807, 2.05) is 0 Å². The Hall–Kier alpha value is -6.38. The van der Waals surface area contributed by atoms with E-state index in [1.165, 1.54) is 105 Å². The summed E-state index contributed by atoms with van der Waals surface area (Å²) in [5.41, 5.74) is 16.3. The van der Waals surface area contributed by atoms with Crippen LogP contribution in [0.3, 0.4) is 0 Å². The average molecular weight is 623 g/mol. The van der Waals surface area contributed by atoms with Crippen LogP contribution in [0.4, 0.5) is 0 Å². The van der Waals surface area contributed by atoms with Crippen molar-refractivity contribution in [1.82, 2.24) is 9.13 Å². The third kappa shape index (κ3) is 3.66. The fraction of sp³-hybridized carbons (Fsp3) is 0.0213. The molecule has 0 bridgehead atoms. The minimum Gasteiger partial charge on any atom is -0.309 e. The van der Waals surface area contributed by atoms with Crippen LogP contribution in [-0.4, -0.2) is 9.13 Å². The van der Waals surface area contributed by atoms with Gasteiger partial charge in [-0.05, 0) is 100 Å². The molecule has 0 radical (unpaired) electrons. The zero-order chi connectivity index (χ0) is 32.2. The van der Waals surface area contributed by atoms with E-state index in [0.717, 1.165) is 0 Å². The third-order valence-electron chi connectivity index (χ3n) is 10.7. The SMILES string of the molecule is Cc1ccc(-n2c3ccccc3c3cc(-c4ccc5c(c4)c4ccccc4n5-c4ccc5c6c(cccc46)-c4ccccc4-5)ccc32)cc1. The van der Waals surface area contributed by atoms with E-state index in [4.69, 9.17) is 0 Å². The maximum Gasteiger partial charge on any atom is 0.0541 e. The van der Waals surface area contributed by atoms with E-state index < -0.39 is 0 Å². The molecule has 228 valence electrons. The molecular formula is C47H30N2. The van der Waals surface area contributed by atoms with Gasteiger partial charge < -0.3 is 9.13 Å². The average Bonchev–Trinajstić information content (AvgIpc) is 3.79. The zero-order valence-electron chi connectivity index (χ0n) is 27.0. The Morgan fingerprint density at radius 2 is 0.857 bits per heavy atom. The summed E-state index contributed by atoms with van der Waals surface area (Å²) in [6.45, 7) is 2.14. The number of para-hydroxylation sites is 2. The van der Waals surface area contributed by atoms with Crippen LogP contribution in [0.15, 0.2) is 164 Å². The van der Waals surface area contributed by atoms with Gasteiger partial charge in [0, 0.05) is 32.6 Å². The number of rotatable bonds is 3. The number of nitrogens with zero attached hydrogens (tertiary/aromatic N) is 2. The van der Waals surface area contributed by atoms with Gasteiger partial charge in [0.05, 0.1) is 27.8 Å². The Balaban J connectivity index is 1.12. The van der Waals surface area contributed by atoms with Gasteiger partial charge in [-0.1, -0.05) is 115 Å². The Bertz CT molecular complexity index is 2960. The molecule has 8 aromatic carbocycles. The highest BCUT2D eigenvalue weighted by atomic mass is 15.0. The quantitative estimate of drug-likeness (QED) is 0.186. The van der Waals surface area contributed by atoms with Gasteiger partial charge in [-0.25, -0.2) is 0 Å². The first kappa shape index (κ1) is 26.7. The molecule has 0 saturated heterocycles. The zero-order valence-corrected chi connectivity index (χ0v) is 27.0. The number of hydrogen-bond acceptors (Lipinski definition) is 0. The lowest BCUT2D eigenvalue weighted by Crippen LogP contribution is -1.95. The number of hydrogen-bond donors (Lipinski definition) is 0. The lowest BCUT2D eigenvalue weighted by Gasteiger charge is -2.13. The number of aryl methyl sites for hydroxylation is 1. The summed E-state index contributed by atoms with van der Waals surface area (Å²) in [6.07, 6.45) is 0. The Labute approximate surface area is 283 Å². The van der Waals surface area contributed by atoms with Crippen molar-refractivity contribution in [3.05, 3.63) is 169 Å². The molecule has 49 heavy (non-hydrogen) atoms.